The SMILES string of the molecule is ClC1CCC(C2CCCN2)CC1. The second-order valence-corrected chi connectivity index (χ2v) is 4.83. The average molecular weight is 188 g/mol. The first-order valence-electron chi connectivity index (χ1n) is 5.24. The first kappa shape index (κ1) is 8.83. The Morgan fingerprint density at radius 2 is 1.75 bits per heavy atom. The van der Waals surface area contributed by atoms with E-state index < -0.39 is 0 Å². The number of hydrogen-bond donors (Lipinski definition) is 1. The fourth-order valence-corrected chi connectivity index (χ4v) is 2.85. The van der Waals surface area contributed by atoms with E-state index in [2.05, 4.69) is 5.32 Å². The van der Waals surface area contributed by atoms with Crippen molar-refractivity contribution in [1.82, 2.24) is 5.32 Å². The van der Waals surface area contributed by atoms with Gasteiger partial charge in [-0.2, -0.15) is 0 Å². The summed E-state index contributed by atoms with van der Waals surface area (Å²) in [6.45, 7) is 1.24. The number of halogens is 1. The van der Waals surface area contributed by atoms with Crippen LogP contribution in [0.2, 0.25) is 0 Å². The second kappa shape index (κ2) is 3.97. The highest BCUT2D eigenvalue weighted by Gasteiger charge is 2.28. The van der Waals surface area contributed by atoms with E-state index in [1.165, 1.54) is 45.1 Å². The maximum absolute atomic E-state index is 6.07. The van der Waals surface area contributed by atoms with Gasteiger partial charge in [0, 0.05) is 11.4 Å². The van der Waals surface area contributed by atoms with E-state index in [-0.39, 0.29) is 0 Å². The monoisotopic (exact) mass is 187 g/mol. The standard InChI is InChI=1S/C10H18ClN/c11-9-5-3-8(4-6-9)10-2-1-7-12-10/h8-10,12H,1-7H2. The summed E-state index contributed by atoms with van der Waals surface area (Å²) in [4.78, 5) is 0. The molecular formula is C10H18ClN. The molecule has 1 unspecified atom stereocenters. The highest BCUT2D eigenvalue weighted by atomic mass is 35.5. The van der Waals surface area contributed by atoms with Crippen LogP contribution in [0.1, 0.15) is 38.5 Å². The molecule has 2 aliphatic rings. The number of rotatable bonds is 1. The smallest absolute Gasteiger partial charge is 0.0336 e. The second-order valence-electron chi connectivity index (χ2n) is 4.21. The Balaban J connectivity index is 1.80. The molecule has 0 aromatic heterocycles. The Morgan fingerprint density at radius 3 is 2.33 bits per heavy atom. The predicted octanol–water partition coefficient (Wildman–Crippen LogP) is 2.54. The first-order chi connectivity index (χ1) is 5.86. The Morgan fingerprint density at radius 1 is 1.00 bits per heavy atom. The van der Waals surface area contributed by atoms with Crippen LogP contribution in [0.5, 0.6) is 0 Å². The van der Waals surface area contributed by atoms with E-state index in [1.807, 2.05) is 0 Å². The van der Waals surface area contributed by atoms with E-state index in [9.17, 15) is 0 Å². The van der Waals surface area contributed by atoms with Gasteiger partial charge in [-0.15, -0.1) is 11.6 Å². The number of hydrogen-bond acceptors (Lipinski definition) is 1. The Kier molecular flexibility index (Phi) is 2.92. The van der Waals surface area contributed by atoms with Gasteiger partial charge in [-0.05, 0) is 51.0 Å². The highest BCUT2D eigenvalue weighted by molar-refractivity contribution is 6.20. The minimum absolute atomic E-state index is 0.475. The van der Waals surface area contributed by atoms with E-state index in [4.69, 9.17) is 11.6 Å². The maximum Gasteiger partial charge on any atom is 0.0336 e. The molecule has 70 valence electrons. The summed E-state index contributed by atoms with van der Waals surface area (Å²) in [6, 6.07) is 0.828. The van der Waals surface area contributed by atoms with Crippen molar-refractivity contribution in [3.8, 4) is 0 Å². The van der Waals surface area contributed by atoms with Gasteiger partial charge in [0.05, 0.1) is 0 Å². The van der Waals surface area contributed by atoms with Crippen LogP contribution in [-0.4, -0.2) is 18.0 Å². The molecule has 1 saturated carbocycles. The summed E-state index contributed by atoms with van der Waals surface area (Å²) in [6.07, 6.45) is 7.97. The third kappa shape index (κ3) is 1.94. The highest BCUT2D eigenvalue weighted by Crippen LogP contribution is 2.32. The van der Waals surface area contributed by atoms with Crippen molar-refractivity contribution in [3.63, 3.8) is 0 Å². The van der Waals surface area contributed by atoms with Crippen LogP contribution in [-0.2, 0) is 0 Å². The average Bonchev–Trinajstić information content (AvgIpc) is 2.58. The molecule has 0 radical (unpaired) electrons. The van der Waals surface area contributed by atoms with Crippen LogP contribution < -0.4 is 5.32 Å². The van der Waals surface area contributed by atoms with Gasteiger partial charge in [0.1, 0.15) is 0 Å². The molecule has 1 aliphatic heterocycles. The summed E-state index contributed by atoms with van der Waals surface area (Å²) in [7, 11) is 0. The Labute approximate surface area is 79.9 Å². The fraction of sp³-hybridized carbons (Fsp3) is 1.00. The van der Waals surface area contributed by atoms with Gasteiger partial charge in [-0.1, -0.05) is 0 Å². The van der Waals surface area contributed by atoms with Gasteiger partial charge < -0.3 is 5.32 Å². The minimum atomic E-state index is 0.475. The molecular weight excluding hydrogens is 170 g/mol. The van der Waals surface area contributed by atoms with Crippen LogP contribution in [0, 0.1) is 5.92 Å². The Hall–Kier alpha value is 0.250. The van der Waals surface area contributed by atoms with Crippen LogP contribution in [0.3, 0.4) is 0 Å². The number of alkyl halides is 1. The lowest BCUT2D eigenvalue weighted by Crippen LogP contribution is -2.33. The first-order valence-corrected chi connectivity index (χ1v) is 5.67. The third-order valence-corrected chi connectivity index (χ3v) is 3.81. The van der Waals surface area contributed by atoms with Crippen molar-refractivity contribution in [2.75, 3.05) is 6.54 Å². The summed E-state index contributed by atoms with van der Waals surface area (Å²) in [5.41, 5.74) is 0. The normalized spacial score (nSPS) is 43.2. The molecule has 0 amide bonds. The molecule has 0 spiro atoms. The molecule has 1 heterocycles. The summed E-state index contributed by atoms with van der Waals surface area (Å²) >= 11 is 6.07. The quantitative estimate of drug-likeness (QED) is 0.623. The fourth-order valence-electron chi connectivity index (χ4n) is 2.59. The molecule has 0 aromatic carbocycles. The van der Waals surface area contributed by atoms with Crippen molar-refractivity contribution in [2.45, 2.75) is 49.9 Å². The zero-order valence-electron chi connectivity index (χ0n) is 7.56. The van der Waals surface area contributed by atoms with E-state index >= 15 is 0 Å². The Bertz CT molecular complexity index is 135. The summed E-state index contributed by atoms with van der Waals surface area (Å²) in [5, 5.41) is 4.07. The van der Waals surface area contributed by atoms with Gasteiger partial charge in [-0.25, -0.2) is 0 Å². The summed E-state index contributed by atoms with van der Waals surface area (Å²) < 4.78 is 0. The molecule has 1 aliphatic carbocycles. The van der Waals surface area contributed by atoms with Gasteiger partial charge in [-0.3, -0.25) is 0 Å². The van der Waals surface area contributed by atoms with Crippen molar-refractivity contribution in [1.29, 1.82) is 0 Å². The largest absolute Gasteiger partial charge is 0.314 e. The van der Waals surface area contributed by atoms with Gasteiger partial charge >= 0.3 is 0 Å². The molecule has 1 nitrogen and oxygen atoms in total. The molecule has 0 bridgehead atoms. The minimum Gasteiger partial charge on any atom is -0.314 e. The van der Waals surface area contributed by atoms with Gasteiger partial charge in [0.2, 0.25) is 0 Å². The molecule has 1 atom stereocenters. The van der Waals surface area contributed by atoms with Crippen LogP contribution in [0.15, 0.2) is 0 Å². The van der Waals surface area contributed by atoms with Crippen LogP contribution >= 0.6 is 11.6 Å². The molecule has 1 N–H and O–H groups in total. The molecule has 0 aromatic rings. The van der Waals surface area contributed by atoms with Crippen LogP contribution in [0.25, 0.3) is 0 Å². The van der Waals surface area contributed by atoms with E-state index in [0.29, 0.717) is 5.38 Å². The lowest BCUT2D eigenvalue weighted by atomic mass is 9.83. The van der Waals surface area contributed by atoms with E-state index in [1.54, 1.807) is 0 Å². The molecule has 1 saturated heterocycles. The molecule has 2 fully saturated rings. The van der Waals surface area contributed by atoms with Crippen molar-refractivity contribution in [2.24, 2.45) is 5.92 Å². The summed E-state index contributed by atoms with van der Waals surface area (Å²) in [5.74, 6) is 0.933. The topological polar surface area (TPSA) is 12.0 Å². The maximum atomic E-state index is 6.07. The van der Waals surface area contributed by atoms with Crippen molar-refractivity contribution in [3.05, 3.63) is 0 Å². The van der Waals surface area contributed by atoms with Gasteiger partial charge in [0.15, 0.2) is 0 Å². The molecule has 2 heteroatoms. The van der Waals surface area contributed by atoms with E-state index in [0.717, 1.165) is 12.0 Å². The van der Waals surface area contributed by atoms with Crippen molar-refractivity contribution < 1.29 is 0 Å². The van der Waals surface area contributed by atoms with Crippen LogP contribution in [0.4, 0.5) is 0 Å². The molecule has 12 heavy (non-hydrogen) atoms. The zero-order chi connectivity index (χ0) is 8.39. The lowest BCUT2D eigenvalue weighted by molar-refractivity contribution is 0.290. The predicted molar refractivity (Wildman–Crippen MR) is 52.6 cm³/mol. The van der Waals surface area contributed by atoms with Crippen molar-refractivity contribution >= 4 is 11.6 Å². The van der Waals surface area contributed by atoms with Gasteiger partial charge in [0.25, 0.3) is 0 Å². The number of nitrogens with one attached hydrogen (secondary N) is 1. The zero-order valence-corrected chi connectivity index (χ0v) is 8.32. The molecule has 2 rings (SSSR count). The third-order valence-electron chi connectivity index (χ3n) is 3.37. The lowest BCUT2D eigenvalue weighted by Gasteiger charge is -2.29.